The molecule has 1 aliphatic rings. The summed E-state index contributed by atoms with van der Waals surface area (Å²) in [7, 11) is 1.60. The predicted molar refractivity (Wildman–Crippen MR) is 78.5 cm³/mol. The number of halogens is 1. The first-order chi connectivity index (χ1) is 10.2. The molecule has 2 aromatic rings. The minimum atomic E-state index is -0.311. The Morgan fingerprint density at radius 1 is 1.43 bits per heavy atom. The van der Waals surface area contributed by atoms with Gasteiger partial charge in [0.2, 0.25) is 5.91 Å². The standard InChI is InChI=1S/C14H15FN4OS/c1-16-12(20)8-21-14-18-17-13(19(14)9-6-7-9)10-4-2-3-5-11(10)15/h2-5,9H,6-8H2,1H3,(H,16,20). The van der Waals surface area contributed by atoms with Crippen molar-refractivity contribution >= 4 is 17.7 Å². The molecule has 5 nitrogen and oxygen atoms in total. The van der Waals surface area contributed by atoms with Crippen LogP contribution < -0.4 is 5.32 Å². The molecule has 21 heavy (non-hydrogen) atoms. The first-order valence-corrected chi connectivity index (χ1v) is 7.72. The average Bonchev–Trinajstić information content (AvgIpc) is 3.25. The predicted octanol–water partition coefficient (Wildman–Crippen LogP) is 2.26. The Labute approximate surface area is 125 Å². The van der Waals surface area contributed by atoms with Gasteiger partial charge in [0.05, 0.1) is 11.3 Å². The molecule has 1 fully saturated rings. The number of nitrogens with one attached hydrogen (secondary N) is 1. The fourth-order valence-corrected chi connectivity index (χ4v) is 2.94. The Kier molecular flexibility index (Phi) is 3.92. The van der Waals surface area contributed by atoms with Gasteiger partial charge in [0.1, 0.15) is 5.82 Å². The summed E-state index contributed by atoms with van der Waals surface area (Å²) in [6, 6.07) is 6.85. The molecule has 1 amide bonds. The Bertz CT molecular complexity index is 669. The summed E-state index contributed by atoms with van der Waals surface area (Å²) in [5.41, 5.74) is 0.448. The van der Waals surface area contributed by atoms with E-state index in [1.54, 1.807) is 25.2 Å². The Morgan fingerprint density at radius 2 is 2.19 bits per heavy atom. The lowest BCUT2D eigenvalue weighted by Gasteiger charge is -2.09. The zero-order chi connectivity index (χ0) is 14.8. The van der Waals surface area contributed by atoms with Crippen LogP contribution in [-0.4, -0.2) is 33.5 Å². The molecule has 0 aliphatic heterocycles. The number of nitrogens with zero attached hydrogens (tertiary/aromatic N) is 3. The number of benzene rings is 1. The second kappa shape index (κ2) is 5.85. The van der Waals surface area contributed by atoms with E-state index in [4.69, 9.17) is 0 Å². The van der Waals surface area contributed by atoms with Crippen LogP contribution in [-0.2, 0) is 4.79 Å². The molecule has 7 heteroatoms. The van der Waals surface area contributed by atoms with Crippen LogP contribution in [0.1, 0.15) is 18.9 Å². The summed E-state index contributed by atoms with van der Waals surface area (Å²) in [5.74, 6) is 0.431. The van der Waals surface area contributed by atoms with Crippen LogP contribution in [0.4, 0.5) is 4.39 Å². The molecular weight excluding hydrogens is 291 g/mol. The van der Waals surface area contributed by atoms with Gasteiger partial charge in [-0.3, -0.25) is 9.36 Å². The summed E-state index contributed by atoms with van der Waals surface area (Å²) in [4.78, 5) is 11.4. The Hall–Kier alpha value is -1.89. The number of hydrogen-bond donors (Lipinski definition) is 1. The summed E-state index contributed by atoms with van der Waals surface area (Å²) < 4.78 is 15.9. The van der Waals surface area contributed by atoms with Gasteiger partial charge in [-0.2, -0.15) is 0 Å². The van der Waals surface area contributed by atoms with Crippen LogP contribution in [0.5, 0.6) is 0 Å². The Balaban J connectivity index is 1.93. The maximum absolute atomic E-state index is 14.0. The van der Waals surface area contributed by atoms with Gasteiger partial charge in [0.15, 0.2) is 11.0 Å². The first kappa shape index (κ1) is 14.1. The van der Waals surface area contributed by atoms with Crippen LogP contribution in [0.3, 0.4) is 0 Å². The van der Waals surface area contributed by atoms with Crippen LogP contribution >= 0.6 is 11.8 Å². The van der Waals surface area contributed by atoms with E-state index in [1.165, 1.54) is 17.8 Å². The molecular formula is C14H15FN4OS. The highest BCUT2D eigenvalue weighted by Gasteiger charge is 2.31. The molecule has 0 spiro atoms. The second-order valence-electron chi connectivity index (χ2n) is 4.85. The molecule has 0 bridgehead atoms. The number of carbonyl (C=O) groups excluding carboxylic acids is 1. The van der Waals surface area contributed by atoms with E-state index in [9.17, 15) is 9.18 Å². The third kappa shape index (κ3) is 2.92. The molecule has 0 atom stereocenters. The van der Waals surface area contributed by atoms with E-state index in [2.05, 4.69) is 15.5 Å². The largest absolute Gasteiger partial charge is 0.358 e. The van der Waals surface area contributed by atoms with Gasteiger partial charge in [-0.25, -0.2) is 4.39 Å². The first-order valence-electron chi connectivity index (χ1n) is 6.74. The monoisotopic (exact) mass is 306 g/mol. The molecule has 1 aromatic heterocycles. The van der Waals surface area contributed by atoms with Crippen molar-refractivity contribution in [3.8, 4) is 11.4 Å². The minimum absolute atomic E-state index is 0.0715. The van der Waals surface area contributed by atoms with Crippen molar-refractivity contribution < 1.29 is 9.18 Å². The molecule has 0 saturated heterocycles. The van der Waals surface area contributed by atoms with E-state index in [0.717, 1.165) is 12.8 Å². The number of thioether (sulfide) groups is 1. The fraction of sp³-hybridized carbons (Fsp3) is 0.357. The minimum Gasteiger partial charge on any atom is -0.358 e. The fourth-order valence-electron chi connectivity index (χ4n) is 2.07. The van der Waals surface area contributed by atoms with Gasteiger partial charge < -0.3 is 5.32 Å². The van der Waals surface area contributed by atoms with E-state index in [0.29, 0.717) is 22.6 Å². The van der Waals surface area contributed by atoms with E-state index in [1.807, 2.05) is 4.57 Å². The highest BCUT2D eigenvalue weighted by Crippen LogP contribution is 2.41. The van der Waals surface area contributed by atoms with E-state index >= 15 is 0 Å². The lowest BCUT2D eigenvalue weighted by molar-refractivity contribution is -0.118. The molecule has 1 aromatic carbocycles. The topological polar surface area (TPSA) is 59.8 Å². The maximum Gasteiger partial charge on any atom is 0.230 e. The lowest BCUT2D eigenvalue weighted by Crippen LogP contribution is -2.20. The molecule has 3 rings (SSSR count). The number of aromatic nitrogens is 3. The zero-order valence-corrected chi connectivity index (χ0v) is 12.4. The van der Waals surface area contributed by atoms with Crippen LogP contribution in [0.15, 0.2) is 29.4 Å². The molecule has 110 valence electrons. The average molecular weight is 306 g/mol. The molecule has 1 saturated carbocycles. The summed E-state index contributed by atoms with van der Waals surface area (Å²) in [6.07, 6.45) is 2.07. The molecule has 1 aliphatic carbocycles. The third-order valence-electron chi connectivity index (χ3n) is 3.30. The van der Waals surface area contributed by atoms with Gasteiger partial charge in [-0.05, 0) is 25.0 Å². The normalized spacial score (nSPS) is 14.2. The SMILES string of the molecule is CNC(=O)CSc1nnc(-c2ccccc2F)n1C1CC1. The molecule has 1 heterocycles. The van der Waals surface area contributed by atoms with Crippen molar-refractivity contribution in [3.05, 3.63) is 30.1 Å². The van der Waals surface area contributed by atoms with Crippen molar-refractivity contribution in [2.75, 3.05) is 12.8 Å². The number of amides is 1. The van der Waals surface area contributed by atoms with E-state index in [-0.39, 0.29) is 17.5 Å². The van der Waals surface area contributed by atoms with Gasteiger partial charge in [-0.15, -0.1) is 10.2 Å². The van der Waals surface area contributed by atoms with Crippen molar-refractivity contribution in [1.29, 1.82) is 0 Å². The smallest absolute Gasteiger partial charge is 0.230 e. The molecule has 0 radical (unpaired) electrons. The summed E-state index contributed by atoms with van der Waals surface area (Å²) in [6.45, 7) is 0. The van der Waals surface area contributed by atoms with Gasteiger partial charge >= 0.3 is 0 Å². The number of rotatable bonds is 5. The van der Waals surface area contributed by atoms with Crippen molar-refractivity contribution in [2.45, 2.75) is 24.0 Å². The number of hydrogen-bond acceptors (Lipinski definition) is 4. The maximum atomic E-state index is 14.0. The third-order valence-corrected chi connectivity index (χ3v) is 4.25. The van der Waals surface area contributed by atoms with Crippen molar-refractivity contribution in [1.82, 2.24) is 20.1 Å². The van der Waals surface area contributed by atoms with Gasteiger partial charge in [-0.1, -0.05) is 23.9 Å². The van der Waals surface area contributed by atoms with Crippen LogP contribution in [0, 0.1) is 5.82 Å². The number of carbonyl (C=O) groups is 1. The highest BCUT2D eigenvalue weighted by atomic mass is 32.2. The zero-order valence-electron chi connectivity index (χ0n) is 11.5. The summed E-state index contributed by atoms with van der Waals surface area (Å²) in [5, 5.41) is 11.5. The lowest BCUT2D eigenvalue weighted by atomic mass is 10.2. The van der Waals surface area contributed by atoms with Crippen molar-refractivity contribution in [3.63, 3.8) is 0 Å². The quantitative estimate of drug-likeness (QED) is 0.861. The van der Waals surface area contributed by atoms with Gasteiger partial charge in [0.25, 0.3) is 0 Å². The molecule has 1 N–H and O–H groups in total. The van der Waals surface area contributed by atoms with Crippen molar-refractivity contribution in [2.24, 2.45) is 0 Å². The molecule has 0 unspecified atom stereocenters. The van der Waals surface area contributed by atoms with E-state index < -0.39 is 0 Å². The van der Waals surface area contributed by atoms with Crippen LogP contribution in [0.2, 0.25) is 0 Å². The Morgan fingerprint density at radius 3 is 2.86 bits per heavy atom. The second-order valence-corrected chi connectivity index (χ2v) is 5.79. The summed E-state index contributed by atoms with van der Waals surface area (Å²) >= 11 is 1.32. The van der Waals surface area contributed by atoms with Crippen LogP contribution in [0.25, 0.3) is 11.4 Å². The van der Waals surface area contributed by atoms with Gasteiger partial charge in [0, 0.05) is 13.1 Å². The highest BCUT2D eigenvalue weighted by molar-refractivity contribution is 7.99.